The summed E-state index contributed by atoms with van der Waals surface area (Å²) in [4.78, 5) is 27.8. The first-order valence-electron chi connectivity index (χ1n) is 11.1. The molecule has 0 unspecified atom stereocenters. The summed E-state index contributed by atoms with van der Waals surface area (Å²) in [5.41, 5.74) is 1.14. The molecule has 0 saturated heterocycles. The number of halogens is 2. The normalized spacial score (nSPS) is 12.9. The third kappa shape index (κ3) is 6.87. The third-order valence-corrected chi connectivity index (χ3v) is 5.29. The Labute approximate surface area is 195 Å². The largest absolute Gasteiger partial charge is 0.484 e. The molecule has 34 heavy (non-hydrogen) atoms. The van der Waals surface area contributed by atoms with E-state index in [0.29, 0.717) is 30.6 Å². The average Bonchev–Trinajstić information content (AvgIpc) is 3.51. The summed E-state index contributed by atoms with van der Waals surface area (Å²) in [6.07, 6.45) is 4.50. The zero-order valence-corrected chi connectivity index (χ0v) is 18.5. The minimum absolute atomic E-state index is 0.00321. The van der Waals surface area contributed by atoms with Gasteiger partial charge in [-0.2, -0.15) is 0 Å². The molecule has 1 aliphatic rings. The fraction of sp³-hybridized carbons (Fsp3) is 0.320. The number of oxazole rings is 1. The first-order chi connectivity index (χ1) is 16.5. The van der Waals surface area contributed by atoms with Gasteiger partial charge in [-0.05, 0) is 49.1 Å². The van der Waals surface area contributed by atoms with Crippen molar-refractivity contribution in [1.29, 1.82) is 0 Å². The molecule has 0 atom stereocenters. The maximum atomic E-state index is 13.9. The van der Waals surface area contributed by atoms with Crippen LogP contribution in [0.4, 0.5) is 8.78 Å². The van der Waals surface area contributed by atoms with E-state index >= 15 is 0 Å². The molecule has 3 aromatic rings. The predicted octanol–water partition coefficient (Wildman–Crippen LogP) is 3.57. The van der Waals surface area contributed by atoms with E-state index in [2.05, 4.69) is 15.6 Å². The van der Waals surface area contributed by atoms with Gasteiger partial charge in [0.05, 0.1) is 11.8 Å². The fourth-order valence-electron chi connectivity index (χ4n) is 3.29. The molecule has 0 bridgehead atoms. The van der Waals surface area contributed by atoms with Gasteiger partial charge >= 0.3 is 0 Å². The lowest BCUT2D eigenvalue weighted by Crippen LogP contribution is -2.30. The highest BCUT2D eigenvalue weighted by atomic mass is 19.1. The van der Waals surface area contributed by atoms with Crippen molar-refractivity contribution in [2.75, 3.05) is 13.2 Å². The molecule has 1 fully saturated rings. The van der Waals surface area contributed by atoms with E-state index in [0.717, 1.165) is 30.5 Å². The zero-order chi connectivity index (χ0) is 23.9. The molecular weight excluding hydrogens is 444 g/mol. The lowest BCUT2D eigenvalue weighted by molar-refractivity contribution is -0.123. The van der Waals surface area contributed by atoms with Gasteiger partial charge in [0, 0.05) is 31.5 Å². The number of benzene rings is 2. The van der Waals surface area contributed by atoms with Crippen molar-refractivity contribution in [3.05, 3.63) is 71.8 Å². The monoisotopic (exact) mass is 469 g/mol. The van der Waals surface area contributed by atoms with Crippen molar-refractivity contribution in [2.45, 2.75) is 38.1 Å². The smallest absolute Gasteiger partial charge is 0.258 e. The molecule has 1 aliphatic carbocycles. The maximum Gasteiger partial charge on any atom is 0.258 e. The van der Waals surface area contributed by atoms with Crippen molar-refractivity contribution in [1.82, 2.24) is 15.6 Å². The number of ether oxygens (including phenoxy) is 1. The van der Waals surface area contributed by atoms with Crippen LogP contribution in [-0.4, -0.2) is 36.0 Å². The second kappa shape index (κ2) is 10.9. The molecule has 2 N–H and O–H groups in total. The van der Waals surface area contributed by atoms with Gasteiger partial charge in [-0.25, -0.2) is 13.8 Å². The van der Waals surface area contributed by atoms with E-state index < -0.39 is 11.6 Å². The van der Waals surface area contributed by atoms with Gasteiger partial charge in [-0.3, -0.25) is 9.59 Å². The Morgan fingerprint density at radius 1 is 1.06 bits per heavy atom. The quantitative estimate of drug-likeness (QED) is 0.448. The molecule has 1 heterocycles. The topological polar surface area (TPSA) is 93.5 Å². The minimum Gasteiger partial charge on any atom is -0.484 e. The Kier molecular flexibility index (Phi) is 7.51. The van der Waals surface area contributed by atoms with Crippen LogP contribution in [0.15, 0.2) is 53.1 Å². The summed E-state index contributed by atoms with van der Waals surface area (Å²) in [6, 6.07) is 10.9. The molecule has 0 spiro atoms. The van der Waals surface area contributed by atoms with Crippen LogP contribution in [0.1, 0.15) is 30.7 Å². The second-order valence-electron chi connectivity index (χ2n) is 8.12. The average molecular weight is 469 g/mol. The predicted molar refractivity (Wildman–Crippen MR) is 120 cm³/mol. The molecule has 178 valence electrons. The summed E-state index contributed by atoms with van der Waals surface area (Å²) in [6.45, 7) is 0.456. The Bertz CT molecular complexity index is 1140. The lowest BCUT2D eigenvalue weighted by atomic mass is 10.1. The number of hydrogen-bond acceptors (Lipinski definition) is 5. The first-order valence-corrected chi connectivity index (χ1v) is 11.1. The highest BCUT2D eigenvalue weighted by molar-refractivity contribution is 5.78. The van der Waals surface area contributed by atoms with Crippen molar-refractivity contribution in [3.8, 4) is 17.1 Å². The number of amides is 2. The molecular formula is C25H25F2N3O4. The second-order valence-corrected chi connectivity index (χ2v) is 8.12. The van der Waals surface area contributed by atoms with Crippen molar-refractivity contribution in [2.24, 2.45) is 0 Å². The minimum atomic E-state index is -0.737. The number of nitrogens with one attached hydrogen (secondary N) is 2. The standard InChI is InChI=1S/C25H25F2N3O4/c26-17-3-8-20(21(27)13-17)22-14-29-25(34-22)10-9-23(31)28-12-11-16-1-6-19(7-2-16)33-15-24(32)30-18-4-5-18/h1-3,6-8,13-14,18H,4-5,9-12,15H2,(H,28,31)(H,30,32). The van der Waals surface area contributed by atoms with E-state index in [9.17, 15) is 18.4 Å². The molecule has 9 heteroatoms. The van der Waals surface area contributed by atoms with Gasteiger partial charge in [0.1, 0.15) is 17.4 Å². The van der Waals surface area contributed by atoms with Crippen LogP contribution >= 0.6 is 0 Å². The van der Waals surface area contributed by atoms with Gasteiger partial charge in [-0.1, -0.05) is 12.1 Å². The number of nitrogens with zero attached hydrogens (tertiary/aromatic N) is 1. The van der Waals surface area contributed by atoms with E-state index in [1.807, 2.05) is 12.1 Å². The van der Waals surface area contributed by atoms with Gasteiger partial charge in [0.25, 0.3) is 5.91 Å². The SMILES string of the molecule is O=C(CCc1ncc(-c2ccc(F)cc2F)o1)NCCc1ccc(OCC(=O)NC2CC2)cc1. The third-order valence-electron chi connectivity index (χ3n) is 5.29. The van der Waals surface area contributed by atoms with Gasteiger partial charge in [0.2, 0.25) is 5.91 Å². The lowest BCUT2D eigenvalue weighted by Gasteiger charge is -2.08. The van der Waals surface area contributed by atoms with Gasteiger partial charge in [-0.15, -0.1) is 0 Å². The summed E-state index contributed by atoms with van der Waals surface area (Å²) >= 11 is 0. The number of aryl methyl sites for hydroxylation is 1. The Balaban J connectivity index is 1.15. The molecule has 4 rings (SSSR count). The first kappa shape index (κ1) is 23.4. The highest BCUT2D eigenvalue weighted by Gasteiger charge is 2.23. The fourth-order valence-corrected chi connectivity index (χ4v) is 3.29. The number of aromatic nitrogens is 1. The summed E-state index contributed by atoms with van der Waals surface area (Å²) in [5, 5.41) is 5.71. The highest BCUT2D eigenvalue weighted by Crippen LogP contribution is 2.24. The number of carbonyl (C=O) groups excluding carboxylic acids is 2. The van der Waals surface area contributed by atoms with Crippen LogP contribution < -0.4 is 15.4 Å². The van der Waals surface area contributed by atoms with E-state index in [1.54, 1.807) is 12.1 Å². The molecule has 0 radical (unpaired) electrons. The van der Waals surface area contributed by atoms with Crippen LogP contribution in [0.3, 0.4) is 0 Å². The summed E-state index contributed by atoms with van der Waals surface area (Å²) in [5.74, 6) is -0.579. The van der Waals surface area contributed by atoms with Crippen LogP contribution in [0, 0.1) is 11.6 Å². The van der Waals surface area contributed by atoms with Crippen LogP contribution in [0.2, 0.25) is 0 Å². The van der Waals surface area contributed by atoms with Gasteiger partial charge < -0.3 is 19.8 Å². The molecule has 1 aromatic heterocycles. The van der Waals surface area contributed by atoms with Crippen molar-refractivity contribution >= 4 is 11.8 Å². The Hall–Kier alpha value is -3.75. The number of rotatable bonds is 11. The van der Waals surface area contributed by atoms with Crippen molar-refractivity contribution in [3.63, 3.8) is 0 Å². The Morgan fingerprint density at radius 2 is 1.85 bits per heavy atom. The zero-order valence-electron chi connectivity index (χ0n) is 18.5. The Morgan fingerprint density at radius 3 is 2.59 bits per heavy atom. The van der Waals surface area contributed by atoms with E-state index in [1.165, 1.54) is 12.3 Å². The van der Waals surface area contributed by atoms with Crippen molar-refractivity contribution < 1.29 is 27.5 Å². The van der Waals surface area contributed by atoms with Gasteiger partial charge in [0.15, 0.2) is 18.3 Å². The van der Waals surface area contributed by atoms with E-state index in [4.69, 9.17) is 9.15 Å². The maximum absolute atomic E-state index is 13.9. The molecule has 7 nitrogen and oxygen atoms in total. The van der Waals surface area contributed by atoms with Crippen LogP contribution in [0.25, 0.3) is 11.3 Å². The molecule has 2 aromatic carbocycles. The van der Waals surface area contributed by atoms with Crippen LogP contribution in [0.5, 0.6) is 5.75 Å². The number of hydrogen-bond donors (Lipinski definition) is 2. The van der Waals surface area contributed by atoms with E-state index in [-0.39, 0.29) is 42.6 Å². The number of carbonyl (C=O) groups is 2. The van der Waals surface area contributed by atoms with Crippen LogP contribution in [-0.2, 0) is 22.4 Å². The molecule has 2 amide bonds. The molecule has 0 aliphatic heterocycles. The summed E-state index contributed by atoms with van der Waals surface area (Å²) in [7, 11) is 0. The molecule has 1 saturated carbocycles. The summed E-state index contributed by atoms with van der Waals surface area (Å²) < 4.78 is 37.9.